The van der Waals surface area contributed by atoms with Crippen LogP contribution in [0.2, 0.25) is 0 Å². The molecule has 1 saturated heterocycles. The molecular weight excluding hydrogens is 394 g/mol. The average molecular weight is 430 g/mol. The van der Waals surface area contributed by atoms with Gasteiger partial charge >= 0.3 is 0 Å². The van der Waals surface area contributed by atoms with Crippen LogP contribution in [-0.4, -0.2) is 69.5 Å². The largest absolute Gasteiger partial charge is 0.283 e. The van der Waals surface area contributed by atoms with Crippen molar-refractivity contribution in [2.75, 3.05) is 13.1 Å². The molecule has 1 aromatic carbocycles. The molecule has 0 saturated carbocycles. The fourth-order valence-corrected chi connectivity index (χ4v) is 3.74. The van der Waals surface area contributed by atoms with Gasteiger partial charge in [-0.3, -0.25) is 33.9 Å². The Bertz CT molecular complexity index is 856. The number of piperazine rings is 1. The van der Waals surface area contributed by atoms with Crippen molar-refractivity contribution >= 4 is 23.6 Å². The summed E-state index contributed by atoms with van der Waals surface area (Å²) in [5.74, 6) is -0.135. The lowest BCUT2D eigenvalue weighted by atomic mass is 9.98. The fourth-order valence-electron chi connectivity index (χ4n) is 3.74. The zero-order valence-corrected chi connectivity index (χ0v) is 19.9. The smallest absolute Gasteiger partial charge is 0.261 e. The topological polar surface area (TPSA) is 78.0 Å². The Morgan fingerprint density at radius 3 is 1.55 bits per heavy atom. The summed E-state index contributed by atoms with van der Waals surface area (Å²) in [5, 5.41) is 0. The van der Waals surface area contributed by atoms with E-state index in [1.807, 2.05) is 58.6 Å². The van der Waals surface area contributed by atoms with E-state index >= 15 is 0 Å². The van der Waals surface area contributed by atoms with E-state index in [0.29, 0.717) is 30.1 Å². The third kappa shape index (κ3) is 5.21. The zero-order valence-electron chi connectivity index (χ0n) is 19.9. The van der Waals surface area contributed by atoms with E-state index in [9.17, 15) is 19.2 Å². The van der Waals surface area contributed by atoms with Gasteiger partial charge in [0.25, 0.3) is 11.8 Å². The van der Waals surface area contributed by atoms with E-state index in [4.69, 9.17) is 0 Å². The maximum atomic E-state index is 12.1. The van der Waals surface area contributed by atoms with Gasteiger partial charge in [0.2, 0.25) is 11.8 Å². The number of carbonyl (C=O) groups excluding carboxylic acids is 4. The second-order valence-corrected chi connectivity index (χ2v) is 9.28. The molecule has 0 aromatic heterocycles. The Kier molecular flexibility index (Phi) is 7.76. The monoisotopic (exact) mass is 429 g/mol. The molecule has 31 heavy (non-hydrogen) atoms. The van der Waals surface area contributed by atoms with Gasteiger partial charge in [0.05, 0.1) is 24.2 Å². The lowest BCUT2D eigenvalue weighted by Gasteiger charge is -2.36. The van der Waals surface area contributed by atoms with Crippen LogP contribution in [0.1, 0.15) is 87.6 Å². The lowest BCUT2D eigenvalue weighted by molar-refractivity contribution is -0.154. The first-order chi connectivity index (χ1) is 14.4. The van der Waals surface area contributed by atoms with Gasteiger partial charge in [0, 0.05) is 18.1 Å². The maximum absolute atomic E-state index is 12.1. The van der Waals surface area contributed by atoms with Crippen LogP contribution in [0.3, 0.4) is 0 Å². The minimum Gasteiger partial charge on any atom is -0.283 e. The van der Waals surface area contributed by atoms with Crippen LogP contribution in [0, 0.1) is 0 Å². The van der Waals surface area contributed by atoms with Gasteiger partial charge in [0.1, 0.15) is 0 Å². The highest BCUT2D eigenvalue weighted by molar-refractivity contribution is 6.21. The molecule has 1 fully saturated rings. The summed E-state index contributed by atoms with van der Waals surface area (Å²) in [6, 6.07) is 5.68. The Labute approximate surface area is 185 Å². The molecule has 1 aromatic rings. The number of imide groups is 2. The average Bonchev–Trinajstić information content (AvgIpc) is 2.91. The predicted octanol–water partition coefficient (Wildman–Crippen LogP) is 3.29. The standard InChI is InChI=1S/C14H17NO2.C10H18N2O2/c1-8(2)10-5-6-11-12(7-10)14(17)15(9(3)4)13(11)16;1-7(2)11-5-9(13)12(8(3)4)10(14)6-11/h5-9H,1-4H3;7-8H,5-6H2,1-4H3. The molecule has 2 aliphatic heterocycles. The molecule has 0 spiro atoms. The molecule has 7 nitrogen and oxygen atoms in total. The normalized spacial score (nSPS) is 17.3. The summed E-state index contributed by atoms with van der Waals surface area (Å²) in [6.45, 7) is 16.3. The molecule has 0 bridgehead atoms. The molecule has 0 atom stereocenters. The number of carbonyl (C=O) groups is 4. The highest BCUT2D eigenvalue weighted by Gasteiger charge is 2.37. The van der Waals surface area contributed by atoms with Crippen molar-refractivity contribution in [3.63, 3.8) is 0 Å². The van der Waals surface area contributed by atoms with E-state index in [1.54, 1.807) is 6.07 Å². The summed E-state index contributed by atoms with van der Waals surface area (Å²) in [6.07, 6.45) is 0. The lowest BCUT2D eigenvalue weighted by Crippen LogP contribution is -2.57. The zero-order chi connectivity index (χ0) is 23.6. The van der Waals surface area contributed by atoms with Crippen LogP contribution >= 0.6 is 0 Å². The minimum atomic E-state index is -0.171. The molecule has 4 amide bonds. The number of hydrogen-bond donors (Lipinski definition) is 0. The number of fused-ring (bicyclic) bond motifs is 1. The first-order valence-electron chi connectivity index (χ1n) is 11.0. The van der Waals surface area contributed by atoms with E-state index in [2.05, 4.69) is 13.8 Å². The highest BCUT2D eigenvalue weighted by atomic mass is 16.2. The van der Waals surface area contributed by atoms with Gasteiger partial charge in [-0.05, 0) is 65.2 Å². The molecular formula is C24H35N3O4. The molecule has 0 N–H and O–H groups in total. The van der Waals surface area contributed by atoms with Gasteiger partial charge < -0.3 is 0 Å². The molecule has 3 rings (SSSR count). The second-order valence-electron chi connectivity index (χ2n) is 9.28. The Balaban J connectivity index is 0.000000225. The van der Waals surface area contributed by atoms with Gasteiger partial charge in [-0.1, -0.05) is 19.9 Å². The number of hydrogen-bond acceptors (Lipinski definition) is 5. The molecule has 0 radical (unpaired) electrons. The highest BCUT2D eigenvalue weighted by Crippen LogP contribution is 2.27. The summed E-state index contributed by atoms with van der Waals surface area (Å²) in [7, 11) is 0. The third-order valence-electron chi connectivity index (χ3n) is 5.59. The van der Waals surface area contributed by atoms with Crippen molar-refractivity contribution in [1.82, 2.24) is 14.7 Å². The summed E-state index contributed by atoms with van der Waals surface area (Å²) in [4.78, 5) is 52.0. The Morgan fingerprint density at radius 2 is 1.13 bits per heavy atom. The number of rotatable bonds is 4. The quantitative estimate of drug-likeness (QED) is 0.687. The van der Waals surface area contributed by atoms with Crippen LogP contribution in [-0.2, 0) is 9.59 Å². The molecule has 2 heterocycles. The van der Waals surface area contributed by atoms with Gasteiger partial charge in [-0.25, -0.2) is 0 Å². The SMILES string of the molecule is CC(C)N1CC(=O)N(C(C)C)C(=O)C1.CC(C)c1ccc2c(c1)C(=O)N(C(C)C)C2=O. The van der Waals surface area contributed by atoms with Crippen LogP contribution < -0.4 is 0 Å². The van der Waals surface area contributed by atoms with Crippen LogP contribution in [0.5, 0.6) is 0 Å². The summed E-state index contributed by atoms with van der Waals surface area (Å²) >= 11 is 0. The second kappa shape index (κ2) is 9.73. The maximum Gasteiger partial charge on any atom is 0.261 e. The van der Waals surface area contributed by atoms with E-state index in [1.165, 1.54) is 9.80 Å². The summed E-state index contributed by atoms with van der Waals surface area (Å²) < 4.78 is 0. The van der Waals surface area contributed by atoms with E-state index in [-0.39, 0.29) is 41.8 Å². The van der Waals surface area contributed by atoms with Crippen molar-refractivity contribution in [2.45, 2.75) is 79.4 Å². The van der Waals surface area contributed by atoms with Gasteiger partial charge in [-0.2, -0.15) is 0 Å². The van der Waals surface area contributed by atoms with Crippen molar-refractivity contribution in [3.05, 3.63) is 34.9 Å². The van der Waals surface area contributed by atoms with Crippen LogP contribution in [0.4, 0.5) is 0 Å². The molecule has 7 heteroatoms. The number of amides is 4. The molecule has 0 aliphatic carbocycles. The number of nitrogens with zero attached hydrogens (tertiary/aromatic N) is 3. The Morgan fingerprint density at radius 1 is 0.645 bits per heavy atom. The fraction of sp³-hybridized carbons (Fsp3) is 0.583. The van der Waals surface area contributed by atoms with Crippen LogP contribution in [0.15, 0.2) is 18.2 Å². The number of benzene rings is 1. The van der Waals surface area contributed by atoms with Crippen molar-refractivity contribution in [3.8, 4) is 0 Å². The Hall–Kier alpha value is -2.54. The first kappa shape index (κ1) is 24.7. The van der Waals surface area contributed by atoms with Crippen LogP contribution in [0.25, 0.3) is 0 Å². The molecule has 0 unspecified atom stereocenters. The molecule has 170 valence electrons. The predicted molar refractivity (Wildman–Crippen MR) is 120 cm³/mol. The van der Waals surface area contributed by atoms with E-state index < -0.39 is 0 Å². The third-order valence-corrected chi connectivity index (χ3v) is 5.59. The van der Waals surface area contributed by atoms with Crippen molar-refractivity contribution in [1.29, 1.82) is 0 Å². The molecule has 2 aliphatic rings. The first-order valence-corrected chi connectivity index (χ1v) is 11.0. The van der Waals surface area contributed by atoms with E-state index in [0.717, 1.165) is 5.56 Å². The van der Waals surface area contributed by atoms with Crippen molar-refractivity contribution in [2.24, 2.45) is 0 Å². The summed E-state index contributed by atoms with van der Waals surface area (Å²) in [5.41, 5.74) is 2.18. The minimum absolute atomic E-state index is 0.0238. The van der Waals surface area contributed by atoms with Gasteiger partial charge in [0.15, 0.2) is 0 Å². The van der Waals surface area contributed by atoms with Crippen molar-refractivity contribution < 1.29 is 19.2 Å². The van der Waals surface area contributed by atoms with Gasteiger partial charge in [-0.15, -0.1) is 0 Å².